The first kappa shape index (κ1) is 24.0. The molecule has 5 nitrogen and oxygen atoms in total. The first-order valence-corrected chi connectivity index (χ1v) is 12.9. The van der Waals surface area contributed by atoms with Gasteiger partial charge in [0.1, 0.15) is 11.8 Å². The molecule has 6 heteroatoms. The molecule has 178 valence electrons. The average molecular weight is 477 g/mol. The largest absolute Gasteiger partial charge is 0.497 e. The number of hydrogen-bond donors (Lipinski definition) is 1. The first-order chi connectivity index (χ1) is 16.6. The number of carbonyl (C=O) groups is 2. The molecule has 1 saturated carbocycles. The highest BCUT2D eigenvalue weighted by Gasteiger charge is 2.33. The normalized spacial score (nSPS) is 14.9. The van der Waals surface area contributed by atoms with Gasteiger partial charge in [-0.15, -0.1) is 0 Å². The number of thiophene rings is 1. The van der Waals surface area contributed by atoms with E-state index >= 15 is 0 Å². The van der Waals surface area contributed by atoms with Crippen LogP contribution in [-0.4, -0.2) is 29.9 Å². The van der Waals surface area contributed by atoms with E-state index in [2.05, 4.69) is 5.32 Å². The van der Waals surface area contributed by atoms with Gasteiger partial charge in [0, 0.05) is 12.6 Å². The second kappa shape index (κ2) is 11.8. The van der Waals surface area contributed by atoms with Gasteiger partial charge in [-0.05, 0) is 58.5 Å². The summed E-state index contributed by atoms with van der Waals surface area (Å²) < 4.78 is 5.29. The molecular formula is C28H32N2O3S. The van der Waals surface area contributed by atoms with E-state index in [1.807, 2.05) is 71.4 Å². The third kappa shape index (κ3) is 6.26. The zero-order chi connectivity index (χ0) is 23.8. The van der Waals surface area contributed by atoms with E-state index in [1.165, 1.54) is 6.42 Å². The molecule has 1 heterocycles. The third-order valence-electron chi connectivity index (χ3n) is 6.39. The summed E-state index contributed by atoms with van der Waals surface area (Å²) in [4.78, 5) is 29.1. The lowest BCUT2D eigenvalue weighted by molar-refractivity contribution is -0.141. The molecule has 1 aromatic heterocycles. The molecule has 3 aromatic rings. The summed E-state index contributed by atoms with van der Waals surface area (Å²) >= 11 is 1.57. The smallest absolute Gasteiger partial charge is 0.247 e. The molecule has 2 aromatic carbocycles. The number of carbonyl (C=O) groups excluding carboxylic acids is 2. The monoisotopic (exact) mass is 476 g/mol. The highest BCUT2D eigenvalue weighted by Crippen LogP contribution is 2.27. The zero-order valence-electron chi connectivity index (χ0n) is 19.6. The summed E-state index contributed by atoms with van der Waals surface area (Å²) in [5, 5.41) is 7.23. The van der Waals surface area contributed by atoms with Crippen LogP contribution in [0.2, 0.25) is 0 Å². The van der Waals surface area contributed by atoms with Crippen LogP contribution in [0.1, 0.15) is 54.8 Å². The minimum absolute atomic E-state index is 0.0677. The van der Waals surface area contributed by atoms with Crippen molar-refractivity contribution in [2.45, 2.75) is 57.2 Å². The summed E-state index contributed by atoms with van der Waals surface area (Å²) in [5.41, 5.74) is 2.74. The fourth-order valence-corrected chi connectivity index (χ4v) is 5.22. The average Bonchev–Trinajstić information content (AvgIpc) is 3.38. The van der Waals surface area contributed by atoms with E-state index < -0.39 is 6.04 Å². The van der Waals surface area contributed by atoms with Gasteiger partial charge in [0.05, 0.1) is 13.5 Å². The van der Waals surface area contributed by atoms with Crippen molar-refractivity contribution in [3.05, 3.63) is 88.1 Å². The Labute approximate surface area is 205 Å². The number of hydrogen-bond acceptors (Lipinski definition) is 4. The van der Waals surface area contributed by atoms with Gasteiger partial charge < -0.3 is 15.0 Å². The molecule has 0 spiro atoms. The SMILES string of the molecule is COc1ccc(CN(C(=O)Cc2ccsc2)C(C(=O)NC2CCCCC2)c2ccccc2)cc1. The number of nitrogens with one attached hydrogen (secondary N) is 1. The molecule has 2 amide bonds. The molecule has 1 aliphatic rings. The van der Waals surface area contributed by atoms with E-state index in [1.54, 1.807) is 23.3 Å². The van der Waals surface area contributed by atoms with Crippen LogP contribution in [0.5, 0.6) is 5.75 Å². The topological polar surface area (TPSA) is 58.6 Å². The van der Waals surface area contributed by atoms with Crippen LogP contribution in [-0.2, 0) is 22.6 Å². The Balaban J connectivity index is 1.66. The van der Waals surface area contributed by atoms with Crippen LogP contribution in [0.3, 0.4) is 0 Å². The maximum Gasteiger partial charge on any atom is 0.247 e. The third-order valence-corrected chi connectivity index (χ3v) is 7.13. The molecule has 0 saturated heterocycles. The minimum atomic E-state index is -0.698. The Kier molecular flexibility index (Phi) is 8.36. The number of methoxy groups -OCH3 is 1. The van der Waals surface area contributed by atoms with Crippen molar-refractivity contribution in [1.29, 1.82) is 0 Å². The van der Waals surface area contributed by atoms with E-state index in [-0.39, 0.29) is 24.3 Å². The van der Waals surface area contributed by atoms with Crippen LogP contribution in [0.25, 0.3) is 0 Å². The van der Waals surface area contributed by atoms with Crippen molar-refractivity contribution in [3.8, 4) is 5.75 Å². The maximum absolute atomic E-state index is 13.7. The molecule has 0 bridgehead atoms. The highest BCUT2D eigenvalue weighted by molar-refractivity contribution is 7.08. The number of amides is 2. The van der Waals surface area contributed by atoms with E-state index in [0.717, 1.165) is 48.1 Å². The van der Waals surface area contributed by atoms with Crippen LogP contribution >= 0.6 is 11.3 Å². The Morgan fingerprint density at radius 2 is 1.74 bits per heavy atom. The second-order valence-electron chi connectivity index (χ2n) is 8.83. The summed E-state index contributed by atoms with van der Waals surface area (Å²) in [6.07, 6.45) is 5.74. The summed E-state index contributed by atoms with van der Waals surface area (Å²) in [7, 11) is 1.63. The Morgan fingerprint density at radius 1 is 1.00 bits per heavy atom. The quantitative estimate of drug-likeness (QED) is 0.443. The predicted octanol–water partition coefficient (Wildman–Crippen LogP) is 5.52. The Hall–Kier alpha value is -3.12. The summed E-state index contributed by atoms with van der Waals surface area (Å²) in [5.74, 6) is 0.585. The molecule has 0 aliphatic heterocycles. The van der Waals surface area contributed by atoms with Gasteiger partial charge in [0.25, 0.3) is 0 Å². The molecule has 1 aliphatic carbocycles. The molecule has 1 unspecified atom stereocenters. The molecule has 1 fully saturated rings. The zero-order valence-corrected chi connectivity index (χ0v) is 20.4. The number of ether oxygens (including phenoxy) is 1. The number of rotatable bonds is 9. The van der Waals surface area contributed by atoms with Crippen LogP contribution < -0.4 is 10.1 Å². The first-order valence-electron chi connectivity index (χ1n) is 11.9. The van der Waals surface area contributed by atoms with Gasteiger partial charge in [-0.3, -0.25) is 9.59 Å². The molecule has 1 N–H and O–H groups in total. The lowest BCUT2D eigenvalue weighted by atomic mass is 9.94. The lowest BCUT2D eigenvalue weighted by Gasteiger charge is -2.33. The van der Waals surface area contributed by atoms with Crippen LogP contribution in [0, 0.1) is 0 Å². The predicted molar refractivity (Wildman–Crippen MR) is 136 cm³/mol. The standard InChI is InChI=1S/C28H32N2O3S/c1-33-25-14-12-21(13-15-25)19-30(26(31)18-22-16-17-34-20-22)27(23-8-4-2-5-9-23)28(32)29-24-10-6-3-7-11-24/h2,4-5,8-9,12-17,20,24,27H,3,6-7,10-11,18-19H2,1H3,(H,29,32). The molecule has 4 rings (SSSR count). The fourth-order valence-electron chi connectivity index (χ4n) is 4.56. The van der Waals surface area contributed by atoms with E-state index in [4.69, 9.17) is 4.74 Å². The Bertz CT molecular complexity index is 1050. The summed E-state index contributed by atoms with van der Waals surface area (Å²) in [6.45, 7) is 0.338. The van der Waals surface area contributed by atoms with Gasteiger partial charge in [-0.25, -0.2) is 0 Å². The maximum atomic E-state index is 13.7. The van der Waals surface area contributed by atoms with Crippen molar-refractivity contribution in [2.24, 2.45) is 0 Å². The van der Waals surface area contributed by atoms with Gasteiger partial charge >= 0.3 is 0 Å². The number of benzene rings is 2. The molecule has 0 radical (unpaired) electrons. The Morgan fingerprint density at radius 3 is 2.38 bits per heavy atom. The van der Waals surface area contributed by atoms with Crippen molar-refractivity contribution in [3.63, 3.8) is 0 Å². The summed E-state index contributed by atoms with van der Waals surface area (Å²) in [6, 6.07) is 18.7. The van der Waals surface area contributed by atoms with Crippen molar-refractivity contribution in [1.82, 2.24) is 10.2 Å². The van der Waals surface area contributed by atoms with Crippen LogP contribution in [0.15, 0.2) is 71.4 Å². The fraction of sp³-hybridized carbons (Fsp3) is 0.357. The van der Waals surface area contributed by atoms with Gasteiger partial charge in [-0.1, -0.05) is 61.7 Å². The lowest BCUT2D eigenvalue weighted by Crippen LogP contribution is -2.47. The molecular weight excluding hydrogens is 444 g/mol. The second-order valence-corrected chi connectivity index (χ2v) is 9.61. The van der Waals surface area contributed by atoms with Crippen LogP contribution in [0.4, 0.5) is 0 Å². The van der Waals surface area contributed by atoms with Crippen molar-refractivity contribution in [2.75, 3.05) is 7.11 Å². The van der Waals surface area contributed by atoms with Crippen molar-refractivity contribution < 1.29 is 14.3 Å². The van der Waals surface area contributed by atoms with Gasteiger partial charge in [0.2, 0.25) is 11.8 Å². The highest BCUT2D eigenvalue weighted by atomic mass is 32.1. The van der Waals surface area contributed by atoms with E-state index in [0.29, 0.717) is 6.54 Å². The van der Waals surface area contributed by atoms with Crippen molar-refractivity contribution >= 4 is 23.2 Å². The molecule has 34 heavy (non-hydrogen) atoms. The molecule has 1 atom stereocenters. The number of nitrogens with zero attached hydrogens (tertiary/aromatic N) is 1. The van der Waals surface area contributed by atoms with Gasteiger partial charge in [0.15, 0.2) is 0 Å². The van der Waals surface area contributed by atoms with Gasteiger partial charge in [-0.2, -0.15) is 11.3 Å². The minimum Gasteiger partial charge on any atom is -0.497 e. The van der Waals surface area contributed by atoms with E-state index in [9.17, 15) is 9.59 Å².